The molecule has 0 aliphatic carbocycles. The quantitative estimate of drug-likeness (QED) is 0.801. The second-order valence-electron chi connectivity index (χ2n) is 4.99. The van der Waals surface area contributed by atoms with E-state index in [1.807, 2.05) is 0 Å². The number of anilines is 2. The summed E-state index contributed by atoms with van der Waals surface area (Å²) in [5.74, 6) is -1.13. The number of hydrogen-bond acceptors (Lipinski definition) is 3. The number of rotatable bonds is 5. The van der Waals surface area contributed by atoms with Crippen molar-refractivity contribution in [3.63, 3.8) is 0 Å². The Bertz CT molecular complexity index is 726. The Kier molecular flexibility index (Phi) is 5.81. The lowest BCUT2D eigenvalue weighted by atomic mass is 10.1. The van der Waals surface area contributed by atoms with Gasteiger partial charge in [0.15, 0.2) is 0 Å². The molecular formula is C14H17F3N2O3S. The lowest BCUT2D eigenvalue weighted by Gasteiger charge is -2.14. The van der Waals surface area contributed by atoms with E-state index >= 15 is 0 Å². The van der Waals surface area contributed by atoms with Crippen LogP contribution in [-0.4, -0.2) is 26.3 Å². The Hall–Kier alpha value is -2.03. The molecular weight excluding hydrogens is 333 g/mol. The number of alkyl halides is 3. The van der Waals surface area contributed by atoms with Crippen LogP contribution in [0.4, 0.5) is 24.5 Å². The topological polar surface area (TPSA) is 75.3 Å². The van der Waals surface area contributed by atoms with Crippen LogP contribution in [0.5, 0.6) is 0 Å². The molecule has 9 heteroatoms. The summed E-state index contributed by atoms with van der Waals surface area (Å²) < 4.78 is 61.9. The number of halogens is 3. The summed E-state index contributed by atoms with van der Waals surface area (Å²) in [6, 6.07) is 3.09. The van der Waals surface area contributed by atoms with Crippen LogP contribution >= 0.6 is 0 Å². The molecule has 128 valence electrons. The molecule has 0 aromatic heterocycles. The Balaban J connectivity index is 2.99. The van der Waals surface area contributed by atoms with E-state index in [9.17, 15) is 26.4 Å². The molecule has 0 radical (unpaired) electrons. The maximum absolute atomic E-state index is 12.0. The highest BCUT2D eigenvalue weighted by Gasteiger charge is 2.22. The molecule has 0 spiro atoms. The summed E-state index contributed by atoms with van der Waals surface area (Å²) in [5.41, 5.74) is 1.93. The van der Waals surface area contributed by atoms with E-state index in [0.29, 0.717) is 17.3 Å². The molecule has 0 aliphatic heterocycles. The first-order chi connectivity index (χ1) is 10.4. The number of amides is 1. The largest absolute Gasteiger partial charge is 0.409 e. The van der Waals surface area contributed by atoms with Crippen molar-refractivity contribution in [3.8, 4) is 0 Å². The number of benzene rings is 1. The van der Waals surface area contributed by atoms with Gasteiger partial charge in [-0.1, -0.05) is 12.1 Å². The molecule has 0 bridgehead atoms. The monoisotopic (exact) mass is 350 g/mol. The summed E-state index contributed by atoms with van der Waals surface area (Å²) in [4.78, 5) is 11.1. The summed E-state index contributed by atoms with van der Waals surface area (Å²) in [7, 11) is -3.99. The van der Waals surface area contributed by atoms with E-state index < -0.39 is 22.0 Å². The fraction of sp³-hybridized carbons (Fsp3) is 0.357. The molecule has 23 heavy (non-hydrogen) atoms. The highest BCUT2D eigenvalue weighted by Crippen LogP contribution is 2.25. The van der Waals surface area contributed by atoms with Crippen molar-refractivity contribution in [1.29, 1.82) is 0 Å². The molecule has 2 N–H and O–H groups in total. The van der Waals surface area contributed by atoms with E-state index in [1.165, 1.54) is 13.0 Å². The average Bonchev–Trinajstić information content (AvgIpc) is 2.32. The first kappa shape index (κ1) is 19.0. The van der Waals surface area contributed by atoms with Crippen molar-refractivity contribution < 1.29 is 26.4 Å². The van der Waals surface area contributed by atoms with Crippen LogP contribution in [-0.2, 0) is 14.8 Å². The predicted molar refractivity (Wildman–Crippen MR) is 82.8 cm³/mol. The molecule has 1 rings (SSSR count). The van der Waals surface area contributed by atoms with Gasteiger partial charge >= 0.3 is 6.18 Å². The standard InChI is InChI=1S/C14H17F3N2O3S/c1-9-7-10(2)13(8-12(9)18-11(3)20)19-23(21,22)6-4-5-14(15,16)17/h4-5,7-8,19H,6H2,1-3H3,(H,18,20). The Morgan fingerprint density at radius 2 is 1.74 bits per heavy atom. The lowest BCUT2D eigenvalue weighted by Crippen LogP contribution is -2.17. The fourth-order valence-electron chi connectivity index (χ4n) is 1.80. The van der Waals surface area contributed by atoms with E-state index in [0.717, 1.165) is 5.56 Å². The minimum Gasteiger partial charge on any atom is -0.326 e. The summed E-state index contributed by atoms with van der Waals surface area (Å²) in [6.45, 7) is 4.70. The molecule has 1 aromatic carbocycles. The normalized spacial score (nSPS) is 12.4. The number of hydrogen-bond donors (Lipinski definition) is 2. The zero-order valence-electron chi connectivity index (χ0n) is 12.8. The van der Waals surface area contributed by atoms with Gasteiger partial charge in [-0.2, -0.15) is 13.2 Å². The second-order valence-corrected chi connectivity index (χ2v) is 6.76. The molecule has 0 aliphatic rings. The molecule has 0 unspecified atom stereocenters. The van der Waals surface area contributed by atoms with Gasteiger partial charge in [0.25, 0.3) is 0 Å². The van der Waals surface area contributed by atoms with Gasteiger partial charge in [-0.15, -0.1) is 0 Å². The lowest BCUT2D eigenvalue weighted by molar-refractivity contribution is -0.114. The van der Waals surface area contributed by atoms with Crippen LogP contribution in [0, 0.1) is 13.8 Å². The smallest absolute Gasteiger partial charge is 0.326 e. The van der Waals surface area contributed by atoms with Crippen molar-refractivity contribution in [2.24, 2.45) is 0 Å². The predicted octanol–water partition coefficient (Wildman–Crippen LogP) is 3.12. The third kappa shape index (κ3) is 6.72. The van der Waals surface area contributed by atoms with Gasteiger partial charge in [0.1, 0.15) is 0 Å². The van der Waals surface area contributed by atoms with Crippen molar-refractivity contribution in [1.82, 2.24) is 0 Å². The molecule has 1 aromatic rings. The van der Waals surface area contributed by atoms with Gasteiger partial charge in [-0.25, -0.2) is 8.42 Å². The zero-order valence-corrected chi connectivity index (χ0v) is 13.6. The number of allylic oxidation sites excluding steroid dienone is 1. The average molecular weight is 350 g/mol. The Labute approximate surface area is 132 Å². The van der Waals surface area contributed by atoms with Gasteiger partial charge in [-0.3, -0.25) is 9.52 Å². The summed E-state index contributed by atoms with van der Waals surface area (Å²) in [5, 5.41) is 2.55. The van der Waals surface area contributed by atoms with Gasteiger partial charge in [0, 0.05) is 18.7 Å². The Morgan fingerprint density at radius 1 is 1.17 bits per heavy atom. The number of carbonyl (C=O) groups is 1. The first-order valence-corrected chi connectivity index (χ1v) is 8.18. The highest BCUT2D eigenvalue weighted by molar-refractivity contribution is 7.92. The minimum atomic E-state index is -4.56. The fourth-order valence-corrected chi connectivity index (χ4v) is 2.79. The van der Waals surface area contributed by atoms with E-state index in [2.05, 4.69) is 10.0 Å². The van der Waals surface area contributed by atoms with Crippen molar-refractivity contribution in [3.05, 3.63) is 35.4 Å². The minimum absolute atomic E-state index is 0.128. The highest BCUT2D eigenvalue weighted by atomic mass is 32.2. The van der Waals surface area contributed by atoms with Crippen LogP contribution in [0.3, 0.4) is 0 Å². The van der Waals surface area contributed by atoms with Crippen molar-refractivity contribution in [2.75, 3.05) is 15.8 Å². The Morgan fingerprint density at radius 3 is 2.26 bits per heavy atom. The number of nitrogens with one attached hydrogen (secondary N) is 2. The molecule has 5 nitrogen and oxygen atoms in total. The van der Waals surface area contributed by atoms with E-state index in [1.54, 1.807) is 19.9 Å². The van der Waals surface area contributed by atoms with E-state index in [-0.39, 0.29) is 17.7 Å². The van der Waals surface area contributed by atoms with Gasteiger partial charge in [-0.05, 0) is 31.0 Å². The van der Waals surface area contributed by atoms with Crippen molar-refractivity contribution in [2.45, 2.75) is 26.9 Å². The molecule has 0 saturated heterocycles. The summed E-state index contributed by atoms with van der Waals surface area (Å²) >= 11 is 0. The van der Waals surface area contributed by atoms with Crippen LogP contribution in [0.15, 0.2) is 24.3 Å². The van der Waals surface area contributed by atoms with E-state index in [4.69, 9.17) is 0 Å². The van der Waals surface area contributed by atoms with Crippen LogP contribution in [0.2, 0.25) is 0 Å². The zero-order chi connectivity index (χ0) is 17.8. The second kappa shape index (κ2) is 7.03. The number of carbonyl (C=O) groups excluding carboxylic acids is 1. The molecule has 1 amide bonds. The van der Waals surface area contributed by atoms with Crippen molar-refractivity contribution >= 4 is 27.3 Å². The third-order valence-corrected chi connectivity index (χ3v) is 3.93. The number of aryl methyl sites for hydroxylation is 2. The molecule has 0 fully saturated rings. The van der Waals surface area contributed by atoms with Crippen LogP contribution in [0.1, 0.15) is 18.1 Å². The third-order valence-electron chi connectivity index (χ3n) is 2.77. The van der Waals surface area contributed by atoms with Crippen LogP contribution < -0.4 is 10.0 Å². The van der Waals surface area contributed by atoms with Crippen LogP contribution in [0.25, 0.3) is 0 Å². The molecule has 0 saturated carbocycles. The maximum atomic E-state index is 12.0. The van der Waals surface area contributed by atoms with Gasteiger partial charge in [0.05, 0.1) is 11.4 Å². The summed E-state index contributed by atoms with van der Waals surface area (Å²) in [6.07, 6.45) is -4.16. The molecule has 0 atom stereocenters. The maximum Gasteiger partial charge on any atom is 0.409 e. The number of sulfonamides is 1. The SMILES string of the molecule is CC(=O)Nc1cc(NS(=O)(=O)CC=CC(F)(F)F)c(C)cc1C. The molecule has 0 heterocycles. The van der Waals surface area contributed by atoms with Gasteiger partial charge < -0.3 is 5.32 Å². The first-order valence-electron chi connectivity index (χ1n) is 6.53. The van der Waals surface area contributed by atoms with Gasteiger partial charge in [0.2, 0.25) is 15.9 Å².